The van der Waals surface area contributed by atoms with Gasteiger partial charge in [0.1, 0.15) is 0 Å². The molecule has 122 valence electrons. The number of nitrogens with one attached hydrogen (secondary N) is 1. The second-order valence-electron chi connectivity index (χ2n) is 5.08. The Morgan fingerprint density at radius 3 is 3.04 bits per heavy atom. The van der Waals surface area contributed by atoms with Crippen LogP contribution in [0.3, 0.4) is 0 Å². The Bertz CT molecular complexity index is 690. The molecule has 2 heterocycles. The predicted molar refractivity (Wildman–Crippen MR) is 90.1 cm³/mol. The number of rotatable bonds is 7. The van der Waals surface area contributed by atoms with Crippen molar-refractivity contribution in [2.45, 2.75) is 19.1 Å². The number of thioether (sulfide) groups is 1. The molecule has 1 aromatic heterocycles. The van der Waals surface area contributed by atoms with Crippen LogP contribution in [0.2, 0.25) is 0 Å². The molecule has 0 atom stereocenters. The van der Waals surface area contributed by atoms with E-state index in [2.05, 4.69) is 14.1 Å². The van der Waals surface area contributed by atoms with Gasteiger partial charge in [0, 0.05) is 12.3 Å². The van der Waals surface area contributed by atoms with Crippen molar-refractivity contribution in [3.8, 4) is 11.5 Å². The molecule has 0 aliphatic carbocycles. The third-order valence-electron chi connectivity index (χ3n) is 3.39. The van der Waals surface area contributed by atoms with Crippen LogP contribution in [-0.2, 0) is 17.0 Å². The molecule has 6 nitrogen and oxygen atoms in total. The van der Waals surface area contributed by atoms with Crippen molar-refractivity contribution in [3.05, 3.63) is 35.2 Å². The second kappa shape index (κ2) is 7.65. The molecule has 1 amide bonds. The van der Waals surface area contributed by atoms with E-state index >= 15 is 0 Å². The molecule has 0 saturated carbocycles. The van der Waals surface area contributed by atoms with Gasteiger partial charge in [0.15, 0.2) is 11.5 Å². The minimum atomic E-state index is 0.0385. The molecule has 0 spiro atoms. The summed E-state index contributed by atoms with van der Waals surface area (Å²) in [6.45, 7) is 2.82. The van der Waals surface area contributed by atoms with Gasteiger partial charge in [-0.2, -0.15) is 8.75 Å². The first kappa shape index (κ1) is 16.1. The number of nitrogens with zero attached hydrogens (tertiary/aromatic N) is 2. The van der Waals surface area contributed by atoms with Crippen LogP contribution in [0.15, 0.2) is 18.2 Å². The van der Waals surface area contributed by atoms with Gasteiger partial charge < -0.3 is 14.8 Å². The van der Waals surface area contributed by atoms with Crippen molar-refractivity contribution in [1.29, 1.82) is 0 Å². The third kappa shape index (κ3) is 4.35. The smallest absolute Gasteiger partial charge is 0.231 e. The molecule has 23 heavy (non-hydrogen) atoms. The van der Waals surface area contributed by atoms with E-state index in [-0.39, 0.29) is 12.7 Å². The van der Waals surface area contributed by atoms with Crippen molar-refractivity contribution < 1.29 is 14.3 Å². The molecule has 0 bridgehead atoms. The van der Waals surface area contributed by atoms with Crippen LogP contribution >= 0.6 is 23.5 Å². The highest BCUT2D eigenvalue weighted by Crippen LogP contribution is 2.32. The number of aromatic nitrogens is 2. The van der Waals surface area contributed by atoms with Crippen LogP contribution in [0, 0.1) is 6.92 Å². The summed E-state index contributed by atoms with van der Waals surface area (Å²) in [5, 5.41) is 2.93. The molecule has 0 unspecified atom stereocenters. The lowest BCUT2D eigenvalue weighted by Gasteiger charge is -2.06. The molecule has 1 N–H and O–H groups in total. The molecule has 3 rings (SSSR count). The lowest BCUT2D eigenvalue weighted by atomic mass is 10.1. The molecule has 1 aliphatic heterocycles. The Hall–Kier alpha value is -1.80. The second-order valence-corrected chi connectivity index (χ2v) is 6.59. The number of fused-ring (bicyclic) bond motifs is 1. The van der Waals surface area contributed by atoms with Gasteiger partial charge in [0.25, 0.3) is 0 Å². The van der Waals surface area contributed by atoms with E-state index < -0.39 is 0 Å². The Labute approximate surface area is 142 Å². The fourth-order valence-electron chi connectivity index (χ4n) is 2.11. The highest BCUT2D eigenvalue weighted by atomic mass is 32.2. The summed E-state index contributed by atoms with van der Waals surface area (Å²) in [4.78, 5) is 11.8. The summed E-state index contributed by atoms with van der Waals surface area (Å²) >= 11 is 2.76. The van der Waals surface area contributed by atoms with Crippen molar-refractivity contribution in [2.24, 2.45) is 0 Å². The summed E-state index contributed by atoms with van der Waals surface area (Å²) < 4.78 is 18.9. The number of hydrogen-bond donors (Lipinski definition) is 1. The SMILES string of the molecule is Cc1nsnc1CSCC(=O)NCCc1ccc2c(c1)OCO2. The monoisotopic (exact) mass is 351 g/mol. The summed E-state index contributed by atoms with van der Waals surface area (Å²) in [6, 6.07) is 5.85. The normalized spacial score (nSPS) is 12.4. The van der Waals surface area contributed by atoms with Gasteiger partial charge in [-0.05, 0) is 31.0 Å². The first-order valence-corrected chi connectivity index (χ1v) is 9.12. The molecule has 1 aliphatic rings. The van der Waals surface area contributed by atoms with Gasteiger partial charge in [-0.15, -0.1) is 11.8 Å². The molecular formula is C15H17N3O3S2. The number of ether oxygens (including phenoxy) is 2. The van der Waals surface area contributed by atoms with Crippen LogP contribution in [-0.4, -0.2) is 33.7 Å². The number of carbonyl (C=O) groups is 1. The predicted octanol–water partition coefficient (Wildman–Crippen LogP) is 2.17. The van der Waals surface area contributed by atoms with Crippen molar-refractivity contribution in [3.63, 3.8) is 0 Å². The fourth-order valence-corrected chi connectivity index (χ4v) is 3.62. The summed E-state index contributed by atoms with van der Waals surface area (Å²) in [7, 11) is 0. The van der Waals surface area contributed by atoms with Gasteiger partial charge >= 0.3 is 0 Å². The Kier molecular flexibility index (Phi) is 5.35. The van der Waals surface area contributed by atoms with E-state index in [9.17, 15) is 4.79 Å². The number of hydrogen-bond acceptors (Lipinski definition) is 7. The van der Waals surface area contributed by atoms with E-state index in [1.807, 2.05) is 25.1 Å². The first-order valence-electron chi connectivity index (χ1n) is 7.23. The molecule has 1 aromatic carbocycles. The zero-order valence-electron chi connectivity index (χ0n) is 12.7. The lowest BCUT2D eigenvalue weighted by Crippen LogP contribution is -2.27. The van der Waals surface area contributed by atoms with Gasteiger partial charge in [-0.25, -0.2) is 0 Å². The van der Waals surface area contributed by atoms with Gasteiger partial charge in [-0.1, -0.05) is 6.07 Å². The summed E-state index contributed by atoms with van der Waals surface area (Å²) in [5.41, 5.74) is 3.03. The minimum absolute atomic E-state index is 0.0385. The zero-order chi connectivity index (χ0) is 16.1. The largest absolute Gasteiger partial charge is 0.454 e. The summed E-state index contributed by atoms with van der Waals surface area (Å²) in [5.74, 6) is 2.74. The zero-order valence-corrected chi connectivity index (χ0v) is 14.3. The summed E-state index contributed by atoms with van der Waals surface area (Å²) in [6.07, 6.45) is 0.766. The van der Waals surface area contributed by atoms with Crippen LogP contribution in [0.25, 0.3) is 0 Å². The molecule has 8 heteroatoms. The highest BCUT2D eigenvalue weighted by molar-refractivity contribution is 7.99. The number of benzene rings is 1. The van der Waals surface area contributed by atoms with Gasteiger partial charge in [-0.3, -0.25) is 4.79 Å². The van der Waals surface area contributed by atoms with Crippen LogP contribution in [0.5, 0.6) is 11.5 Å². The topological polar surface area (TPSA) is 73.3 Å². The Morgan fingerprint density at radius 1 is 1.35 bits per heavy atom. The molecule has 0 fully saturated rings. The Balaban J connectivity index is 1.35. The standard InChI is InChI=1S/C15H17N3O3S2/c1-10-12(18-23-17-10)7-22-8-15(19)16-5-4-11-2-3-13-14(6-11)21-9-20-13/h2-3,6H,4-5,7-9H2,1H3,(H,16,19). The van der Waals surface area contributed by atoms with Gasteiger partial charge in [0.05, 0.1) is 28.9 Å². The fraction of sp³-hybridized carbons (Fsp3) is 0.400. The number of aryl methyl sites for hydroxylation is 1. The molecule has 2 aromatic rings. The quantitative estimate of drug-likeness (QED) is 0.824. The van der Waals surface area contributed by atoms with Crippen molar-refractivity contribution in [1.82, 2.24) is 14.1 Å². The van der Waals surface area contributed by atoms with E-state index in [4.69, 9.17) is 9.47 Å². The lowest BCUT2D eigenvalue weighted by molar-refractivity contribution is -0.118. The molecule has 0 saturated heterocycles. The van der Waals surface area contributed by atoms with Crippen LogP contribution in [0.1, 0.15) is 17.0 Å². The van der Waals surface area contributed by atoms with Crippen LogP contribution in [0.4, 0.5) is 0 Å². The Morgan fingerprint density at radius 2 is 2.22 bits per heavy atom. The van der Waals surface area contributed by atoms with Crippen molar-refractivity contribution in [2.75, 3.05) is 19.1 Å². The van der Waals surface area contributed by atoms with E-state index in [1.165, 1.54) is 11.7 Å². The maximum atomic E-state index is 11.8. The van der Waals surface area contributed by atoms with Crippen LogP contribution < -0.4 is 14.8 Å². The molecular weight excluding hydrogens is 334 g/mol. The average molecular weight is 351 g/mol. The minimum Gasteiger partial charge on any atom is -0.454 e. The van der Waals surface area contributed by atoms with Crippen molar-refractivity contribution >= 4 is 29.4 Å². The average Bonchev–Trinajstić information content (AvgIpc) is 3.16. The number of amides is 1. The van der Waals surface area contributed by atoms with E-state index in [0.717, 1.165) is 40.6 Å². The maximum absolute atomic E-state index is 11.8. The highest BCUT2D eigenvalue weighted by Gasteiger charge is 2.13. The van der Waals surface area contributed by atoms with E-state index in [0.29, 0.717) is 12.3 Å². The first-order chi connectivity index (χ1) is 11.2. The van der Waals surface area contributed by atoms with E-state index in [1.54, 1.807) is 11.8 Å². The third-order valence-corrected chi connectivity index (χ3v) is 4.99. The maximum Gasteiger partial charge on any atom is 0.231 e. The number of carbonyl (C=O) groups excluding carboxylic acids is 1. The molecule has 0 radical (unpaired) electrons. The van der Waals surface area contributed by atoms with Gasteiger partial charge in [0.2, 0.25) is 12.7 Å².